The smallest absolute Gasteiger partial charge is 0.0972 e. The van der Waals surface area contributed by atoms with Crippen LogP contribution in [0.5, 0.6) is 0 Å². The third-order valence-corrected chi connectivity index (χ3v) is 5.81. The highest BCUT2D eigenvalue weighted by Crippen LogP contribution is 2.47. The molecule has 20 heavy (non-hydrogen) atoms. The van der Waals surface area contributed by atoms with Crippen LogP contribution >= 0.6 is 0 Å². The molecule has 1 saturated heterocycles. The topological polar surface area (TPSA) is 47.7 Å². The van der Waals surface area contributed by atoms with Gasteiger partial charge in [-0.1, -0.05) is 20.8 Å². The summed E-state index contributed by atoms with van der Waals surface area (Å²) in [5.74, 6) is 0.615. The van der Waals surface area contributed by atoms with Gasteiger partial charge in [-0.25, -0.2) is 0 Å². The van der Waals surface area contributed by atoms with Gasteiger partial charge in [0.15, 0.2) is 0 Å². The fourth-order valence-electron chi connectivity index (χ4n) is 4.38. The molecule has 2 fully saturated rings. The van der Waals surface area contributed by atoms with E-state index in [0.717, 1.165) is 19.6 Å². The zero-order valence-electron chi connectivity index (χ0n) is 13.8. The highest BCUT2D eigenvalue weighted by atomic mass is 16.5. The number of methoxy groups -OCH3 is 2. The molecule has 1 aliphatic carbocycles. The lowest BCUT2D eigenvalue weighted by atomic mass is 9.63. The van der Waals surface area contributed by atoms with E-state index in [4.69, 9.17) is 15.2 Å². The Morgan fingerprint density at radius 3 is 2.05 bits per heavy atom. The Labute approximate surface area is 124 Å². The number of hydrogen-bond acceptors (Lipinski definition) is 4. The second-order valence-corrected chi connectivity index (χ2v) is 7.53. The molecule has 1 aliphatic heterocycles. The van der Waals surface area contributed by atoms with Crippen LogP contribution in [0.3, 0.4) is 0 Å². The lowest BCUT2D eigenvalue weighted by Crippen LogP contribution is -2.60. The Morgan fingerprint density at radius 1 is 1.10 bits per heavy atom. The van der Waals surface area contributed by atoms with Gasteiger partial charge in [-0.2, -0.15) is 0 Å². The molecule has 0 bridgehead atoms. The van der Waals surface area contributed by atoms with E-state index in [2.05, 4.69) is 25.7 Å². The Morgan fingerprint density at radius 2 is 1.65 bits per heavy atom. The lowest BCUT2D eigenvalue weighted by Gasteiger charge is -2.52. The average molecular weight is 284 g/mol. The molecule has 0 aromatic heterocycles. The molecule has 0 aromatic carbocycles. The van der Waals surface area contributed by atoms with E-state index in [1.165, 1.54) is 19.3 Å². The number of ether oxygens (including phenoxy) is 2. The van der Waals surface area contributed by atoms with Crippen molar-refractivity contribution in [1.82, 2.24) is 4.90 Å². The summed E-state index contributed by atoms with van der Waals surface area (Å²) in [6, 6.07) is 0. The Hall–Kier alpha value is -0.160. The van der Waals surface area contributed by atoms with Crippen molar-refractivity contribution in [1.29, 1.82) is 0 Å². The number of nitrogens with zero attached hydrogens (tertiary/aromatic N) is 1. The highest BCUT2D eigenvalue weighted by Gasteiger charge is 2.50. The Kier molecular flexibility index (Phi) is 4.80. The van der Waals surface area contributed by atoms with Crippen LogP contribution in [0.15, 0.2) is 0 Å². The number of rotatable bonds is 4. The molecule has 2 N–H and O–H groups in total. The summed E-state index contributed by atoms with van der Waals surface area (Å²) >= 11 is 0. The standard InChI is InChI=1S/C16H32N2O2/c1-12-8-15(2,3)6-7-16(12,11-17)18-9-13(19-4)14(10-18)20-5/h12-14H,6-11,17H2,1-5H3. The molecule has 1 saturated carbocycles. The molecular formula is C16H32N2O2. The molecule has 118 valence electrons. The van der Waals surface area contributed by atoms with Crippen molar-refractivity contribution in [3.8, 4) is 0 Å². The molecule has 4 heteroatoms. The zero-order chi connectivity index (χ0) is 15.0. The zero-order valence-corrected chi connectivity index (χ0v) is 13.8. The van der Waals surface area contributed by atoms with Crippen molar-refractivity contribution in [2.75, 3.05) is 33.9 Å². The Bertz CT molecular complexity index is 322. The van der Waals surface area contributed by atoms with E-state index in [0.29, 0.717) is 11.3 Å². The molecule has 4 atom stereocenters. The Balaban J connectivity index is 2.16. The van der Waals surface area contributed by atoms with Gasteiger partial charge in [-0.3, -0.25) is 4.90 Å². The second-order valence-electron chi connectivity index (χ2n) is 7.53. The molecule has 0 aromatic rings. The normalized spacial score (nSPS) is 42.0. The first-order valence-corrected chi connectivity index (χ1v) is 7.89. The summed E-state index contributed by atoms with van der Waals surface area (Å²) < 4.78 is 11.2. The van der Waals surface area contributed by atoms with Gasteiger partial charge in [-0.15, -0.1) is 0 Å². The van der Waals surface area contributed by atoms with E-state index in [1.54, 1.807) is 14.2 Å². The van der Waals surface area contributed by atoms with Gasteiger partial charge in [0.1, 0.15) is 0 Å². The van der Waals surface area contributed by atoms with Crippen LogP contribution in [0.4, 0.5) is 0 Å². The summed E-state index contributed by atoms with van der Waals surface area (Å²) in [6.45, 7) is 9.74. The average Bonchev–Trinajstić information content (AvgIpc) is 2.82. The van der Waals surface area contributed by atoms with Crippen LogP contribution < -0.4 is 5.73 Å². The van der Waals surface area contributed by atoms with Crippen LogP contribution in [0.1, 0.15) is 40.0 Å². The van der Waals surface area contributed by atoms with Crippen LogP contribution in [-0.4, -0.2) is 56.5 Å². The lowest BCUT2D eigenvalue weighted by molar-refractivity contribution is -0.0181. The maximum Gasteiger partial charge on any atom is 0.0972 e. The number of hydrogen-bond donors (Lipinski definition) is 1. The SMILES string of the molecule is COC1CN(C2(CN)CCC(C)(C)CC2C)CC1OC. The van der Waals surface area contributed by atoms with Crippen molar-refractivity contribution in [2.45, 2.75) is 57.8 Å². The minimum atomic E-state index is 0.125. The largest absolute Gasteiger partial charge is 0.377 e. The molecule has 1 heterocycles. The molecule has 4 unspecified atom stereocenters. The van der Waals surface area contributed by atoms with Crippen molar-refractivity contribution in [3.63, 3.8) is 0 Å². The monoisotopic (exact) mass is 284 g/mol. The quantitative estimate of drug-likeness (QED) is 0.856. The van der Waals surface area contributed by atoms with Gasteiger partial charge in [0.2, 0.25) is 0 Å². The molecule has 4 nitrogen and oxygen atoms in total. The maximum absolute atomic E-state index is 6.25. The van der Waals surface area contributed by atoms with Crippen molar-refractivity contribution in [2.24, 2.45) is 17.1 Å². The van der Waals surface area contributed by atoms with E-state index in [-0.39, 0.29) is 17.7 Å². The van der Waals surface area contributed by atoms with E-state index in [1.807, 2.05) is 0 Å². The van der Waals surface area contributed by atoms with Crippen LogP contribution in [0, 0.1) is 11.3 Å². The maximum atomic E-state index is 6.25. The van der Waals surface area contributed by atoms with Crippen LogP contribution in [0.2, 0.25) is 0 Å². The van der Waals surface area contributed by atoms with Gasteiger partial charge < -0.3 is 15.2 Å². The van der Waals surface area contributed by atoms with Crippen LogP contribution in [0.25, 0.3) is 0 Å². The minimum absolute atomic E-state index is 0.125. The molecular weight excluding hydrogens is 252 g/mol. The first-order valence-electron chi connectivity index (χ1n) is 7.89. The van der Waals surface area contributed by atoms with Gasteiger partial charge in [0.25, 0.3) is 0 Å². The van der Waals surface area contributed by atoms with Crippen molar-refractivity contribution < 1.29 is 9.47 Å². The van der Waals surface area contributed by atoms with Crippen LogP contribution in [-0.2, 0) is 9.47 Å². The van der Waals surface area contributed by atoms with Gasteiger partial charge in [0, 0.05) is 39.4 Å². The third-order valence-electron chi connectivity index (χ3n) is 5.81. The van der Waals surface area contributed by atoms with E-state index >= 15 is 0 Å². The van der Waals surface area contributed by atoms with Crippen molar-refractivity contribution in [3.05, 3.63) is 0 Å². The predicted molar refractivity (Wildman–Crippen MR) is 81.7 cm³/mol. The summed E-state index contributed by atoms with van der Waals surface area (Å²) in [4.78, 5) is 2.55. The van der Waals surface area contributed by atoms with Gasteiger partial charge in [0.05, 0.1) is 12.2 Å². The fraction of sp³-hybridized carbons (Fsp3) is 1.00. The predicted octanol–water partition coefficient (Wildman–Crippen LogP) is 1.88. The second kappa shape index (κ2) is 5.91. The molecule has 0 spiro atoms. The molecule has 0 radical (unpaired) electrons. The number of nitrogens with two attached hydrogens (primary N) is 1. The van der Waals surface area contributed by atoms with E-state index in [9.17, 15) is 0 Å². The minimum Gasteiger partial charge on any atom is -0.377 e. The van der Waals surface area contributed by atoms with Crippen molar-refractivity contribution >= 4 is 0 Å². The molecule has 2 rings (SSSR count). The first-order chi connectivity index (χ1) is 9.38. The fourth-order valence-corrected chi connectivity index (χ4v) is 4.38. The molecule has 0 amide bonds. The van der Waals surface area contributed by atoms with Gasteiger partial charge >= 0.3 is 0 Å². The summed E-state index contributed by atoms with van der Waals surface area (Å²) in [6.07, 6.45) is 4.03. The van der Waals surface area contributed by atoms with Gasteiger partial charge in [-0.05, 0) is 30.6 Å². The first kappa shape index (κ1) is 16.2. The summed E-state index contributed by atoms with van der Waals surface area (Å²) in [5.41, 5.74) is 6.82. The third kappa shape index (κ3) is 2.76. The highest BCUT2D eigenvalue weighted by molar-refractivity contribution is 5.05. The summed E-state index contributed by atoms with van der Waals surface area (Å²) in [5, 5.41) is 0. The summed E-state index contributed by atoms with van der Waals surface area (Å²) in [7, 11) is 3.56. The molecule has 2 aliphatic rings. The number of likely N-dealkylation sites (tertiary alicyclic amines) is 1. The van der Waals surface area contributed by atoms with E-state index < -0.39 is 0 Å².